The molecule has 3 aromatic rings. The van der Waals surface area contributed by atoms with Gasteiger partial charge in [-0.05, 0) is 56.1 Å². The average molecular weight is 478 g/mol. The molecule has 0 atom stereocenters. The number of benzene rings is 2. The molecular weight excluding hydrogens is 450 g/mol. The first-order valence-electron chi connectivity index (χ1n) is 9.76. The van der Waals surface area contributed by atoms with Gasteiger partial charge in [0.1, 0.15) is 5.75 Å². The quantitative estimate of drug-likeness (QED) is 0.427. The maximum atomic E-state index is 13.1. The smallest absolute Gasteiger partial charge is 0.252 e. The van der Waals surface area contributed by atoms with Crippen LogP contribution in [-0.2, 0) is 4.79 Å². The summed E-state index contributed by atoms with van der Waals surface area (Å²) in [5, 5.41) is 0.659. The zero-order chi connectivity index (χ0) is 22.4. The third kappa shape index (κ3) is 6.12. The highest BCUT2D eigenvalue weighted by Gasteiger charge is 2.18. The Labute approximate surface area is 198 Å². The number of carbonyl (C=O) groups excluding carboxylic acids is 1. The van der Waals surface area contributed by atoms with E-state index in [1.165, 1.54) is 11.3 Å². The van der Waals surface area contributed by atoms with Gasteiger partial charge >= 0.3 is 0 Å². The minimum absolute atomic E-state index is 0. The van der Waals surface area contributed by atoms with Gasteiger partial charge in [-0.2, -0.15) is 0 Å². The minimum Gasteiger partial charge on any atom is -0.497 e. The Hall–Kier alpha value is -2.81. The number of hydrogen-bond donors (Lipinski definition) is 0. The maximum absolute atomic E-state index is 13.1. The van der Waals surface area contributed by atoms with Crippen molar-refractivity contribution in [2.45, 2.75) is 0 Å². The molecule has 9 heteroatoms. The lowest BCUT2D eigenvalue weighted by Crippen LogP contribution is -2.35. The third-order valence-electron chi connectivity index (χ3n) is 4.68. The maximum Gasteiger partial charge on any atom is 0.252 e. The highest BCUT2D eigenvalue weighted by atomic mass is 35.5. The average Bonchev–Trinajstić information content (AvgIpc) is 3.19. The van der Waals surface area contributed by atoms with Gasteiger partial charge in [0.25, 0.3) is 5.91 Å². The van der Waals surface area contributed by atoms with Crippen LogP contribution < -0.4 is 19.1 Å². The number of rotatable bonds is 9. The second-order valence-corrected chi connectivity index (χ2v) is 8.08. The van der Waals surface area contributed by atoms with Gasteiger partial charge < -0.3 is 19.1 Å². The second-order valence-electron chi connectivity index (χ2n) is 7.07. The van der Waals surface area contributed by atoms with Crippen molar-refractivity contribution in [1.82, 2.24) is 9.88 Å². The largest absolute Gasteiger partial charge is 0.497 e. The Morgan fingerprint density at radius 3 is 2.41 bits per heavy atom. The number of halogens is 1. The van der Waals surface area contributed by atoms with Crippen LogP contribution >= 0.6 is 23.7 Å². The Morgan fingerprint density at radius 2 is 1.75 bits per heavy atom. The molecule has 172 valence electrons. The van der Waals surface area contributed by atoms with Crippen molar-refractivity contribution in [3.05, 3.63) is 48.0 Å². The lowest BCUT2D eigenvalue weighted by molar-refractivity contribution is -0.114. The molecule has 0 bridgehead atoms. The summed E-state index contributed by atoms with van der Waals surface area (Å²) in [4.78, 5) is 21.5. The fourth-order valence-electron chi connectivity index (χ4n) is 2.95. The molecule has 7 nitrogen and oxygen atoms in total. The zero-order valence-corrected chi connectivity index (χ0v) is 20.5. The van der Waals surface area contributed by atoms with Crippen molar-refractivity contribution in [2.75, 3.05) is 53.4 Å². The van der Waals surface area contributed by atoms with Crippen LogP contribution in [0.1, 0.15) is 5.56 Å². The van der Waals surface area contributed by atoms with Gasteiger partial charge in [0.05, 0.1) is 31.5 Å². The molecule has 0 N–H and O–H groups in total. The number of carbonyl (C=O) groups is 1. The van der Waals surface area contributed by atoms with Gasteiger partial charge in [-0.3, -0.25) is 9.69 Å². The Kier molecular flexibility index (Phi) is 9.31. The van der Waals surface area contributed by atoms with Crippen molar-refractivity contribution >= 4 is 51.1 Å². The SMILES string of the molecule is COc1ccc2nc(N(CCN(C)C)C(=O)C=Cc3ccc(OC)c(OC)c3)sc2c1.Cl. The van der Waals surface area contributed by atoms with Crippen molar-refractivity contribution in [2.24, 2.45) is 0 Å². The van der Waals surface area contributed by atoms with Crippen LogP contribution in [0.4, 0.5) is 5.13 Å². The van der Waals surface area contributed by atoms with E-state index in [4.69, 9.17) is 14.2 Å². The Morgan fingerprint density at radius 1 is 1.00 bits per heavy atom. The predicted octanol–water partition coefficient (Wildman–Crippen LogP) is 4.35. The lowest BCUT2D eigenvalue weighted by Gasteiger charge is -2.20. The van der Waals surface area contributed by atoms with Crippen LogP contribution in [0.2, 0.25) is 0 Å². The van der Waals surface area contributed by atoms with E-state index in [1.807, 2.05) is 55.4 Å². The summed E-state index contributed by atoms with van der Waals surface area (Å²) in [7, 11) is 8.76. The number of amides is 1. The number of hydrogen-bond acceptors (Lipinski definition) is 7. The van der Waals surface area contributed by atoms with Crippen LogP contribution in [0.15, 0.2) is 42.5 Å². The summed E-state index contributed by atoms with van der Waals surface area (Å²) in [6.07, 6.45) is 3.33. The first kappa shape index (κ1) is 25.5. The molecule has 0 radical (unpaired) electrons. The fraction of sp³-hybridized carbons (Fsp3) is 0.304. The van der Waals surface area contributed by atoms with E-state index in [-0.39, 0.29) is 18.3 Å². The van der Waals surface area contributed by atoms with E-state index >= 15 is 0 Å². The molecule has 0 saturated carbocycles. The number of aromatic nitrogens is 1. The van der Waals surface area contributed by atoms with E-state index in [0.717, 1.165) is 28.1 Å². The van der Waals surface area contributed by atoms with Crippen molar-refractivity contribution in [3.8, 4) is 17.2 Å². The van der Waals surface area contributed by atoms with E-state index in [1.54, 1.807) is 38.4 Å². The van der Waals surface area contributed by atoms with Gasteiger partial charge in [-0.1, -0.05) is 17.4 Å². The number of methoxy groups -OCH3 is 3. The monoisotopic (exact) mass is 477 g/mol. The number of fused-ring (bicyclic) bond motifs is 1. The Bertz CT molecular complexity index is 1080. The number of thiazole rings is 1. The van der Waals surface area contributed by atoms with E-state index in [2.05, 4.69) is 4.98 Å². The summed E-state index contributed by atoms with van der Waals surface area (Å²) in [5.74, 6) is 1.88. The molecule has 0 aliphatic carbocycles. The number of likely N-dealkylation sites (N-methyl/N-ethyl adjacent to an activating group) is 1. The van der Waals surface area contributed by atoms with E-state index < -0.39 is 0 Å². The highest BCUT2D eigenvalue weighted by molar-refractivity contribution is 7.22. The molecule has 3 rings (SSSR count). The predicted molar refractivity (Wildman–Crippen MR) is 133 cm³/mol. The Balaban J connectivity index is 0.00000363. The fourth-order valence-corrected chi connectivity index (χ4v) is 3.97. The van der Waals surface area contributed by atoms with E-state index in [0.29, 0.717) is 23.2 Å². The molecule has 32 heavy (non-hydrogen) atoms. The van der Waals surface area contributed by atoms with Crippen molar-refractivity contribution < 1.29 is 19.0 Å². The summed E-state index contributed by atoms with van der Waals surface area (Å²) >= 11 is 1.47. The molecule has 0 aliphatic heterocycles. The summed E-state index contributed by atoms with van der Waals surface area (Å²) in [6, 6.07) is 11.2. The first-order valence-corrected chi connectivity index (χ1v) is 10.6. The van der Waals surface area contributed by atoms with Gasteiger partial charge in [-0.15, -0.1) is 12.4 Å². The van der Waals surface area contributed by atoms with Crippen molar-refractivity contribution in [1.29, 1.82) is 0 Å². The molecule has 0 fully saturated rings. The number of nitrogens with zero attached hydrogens (tertiary/aromatic N) is 3. The van der Waals surface area contributed by atoms with Crippen LogP contribution in [0, 0.1) is 0 Å². The first-order chi connectivity index (χ1) is 14.9. The van der Waals surface area contributed by atoms with Gasteiger partial charge in [0, 0.05) is 19.2 Å². The summed E-state index contributed by atoms with van der Waals surface area (Å²) in [6.45, 7) is 1.24. The van der Waals surface area contributed by atoms with Gasteiger partial charge in [-0.25, -0.2) is 4.98 Å². The molecule has 0 saturated heterocycles. The highest BCUT2D eigenvalue weighted by Crippen LogP contribution is 2.32. The van der Waals surface area contributed by atoms with Crippen LogP contribution in [0.25, 0.3) is 16.3 Å². The van der Waals surface area contributed by atoms with Gasteiger partial charge in [0.2, 0.25) is 0 Å². The molecule has 1 heterocycles. The molecular formula is C23H28ClN3O4S. The molecule has 1 aromatic heterocycles. The normalized spacial score (nSPS) is 10.9. The minimum atomic E-state index is -0.136. The van der Waals surface area contributed by atoms with Crippen molar-refractivity contribution in [3.63, 3.8) is 0 Å². The molecule has 2 aromatic carbocycles. The second kappa shape index (κ2) is 11.7. The third-order valence-corrected chi connectivity index (χ3v) is 5.72. The standard InChI is InChI=1S/C23H27N3O4S.ClH/c1-25(2)12-13-26(23-24-18-9-8-17(28-3)15-21(18)31-23)22(27)11-7-16-6-10-19(29-4)20(14-16)30-5;/h6-11,14-15H,12-13H2,1-5H3;1H. The van der Waals surface area contributed by atoms with E-state index in [9.17, 15) is 4.79 Å². The molecule has 0 spiro atoms. The molecule has 1 amide bonds. The number of anilines is 1. The van der Waals surface area contributed by atoms with Crippen LogP contribution in [0.3, 0.4) is 0 Å². The lowest BCUT2D eigenvalue weighted by atomic mass is 10.2. The number of ether oxygens (including phenoxy) is 3. The van der Waals surface area contributed by atoms with Crippen LogP contribution in [0.5, 0.6) is 17.2 Å². The van der Waals surface area contributed by atoms with Crippen LogP contribution in [-0.4, -0.2) is 64.3 Å². The molecule has 0 unspecified atom stereocenters. The zero-order valence-electron chi connectivity index (χ0n) is 18.8. The summed E-state index contributed by atoms with van der Waals surface area (Å²) < 4.78 is 16.9. The summed E-state index contributed by atoms with van der Waals surface area (Å²) in [5.41, 5.74) is 1.68. The molecule has 0 aliphatic rings. The topological polar surface area (TPSA) is 64.1 Å². The van der Waals surface area contributed by atoms with Gasteiger partial charge in [0.15, 0.2) is 16.6 Å².